The summed E-state index contributed by atoms with van der Waals surface area (Å²) in [6.45, 7) is 1.84. The van der Waals surface area contributed by atoms with E-state index in [-0.39, 0.29) is 5.56 Å². The highest BCUT2D eigenvalue weighted by molar-refractivity contribution is 5.86. The molecule has 5 nitrogen and oxygen atoms in total. The first-order chi connectivity index (χ1) is 13.6. The van der Waals surface area contributed by atoms with Gasteiger partial charge in [0.1, 0.15) is 11.6 Å². The Morgan fingerprint density at radius 3 is 2.46 bits per heavy atom. The predicted molar refractivity (Wildman–Crippen MR) is 107 cm³/mol. The van der Waals surface area contributed by atoms with Crippen LogP contribution in [0.1, 0.15) is 16.7 Å². The zero-order chi connectivity index (χ0) is 19.7. The lowest BCUT2D eigenvalue weighted by atomic mass is 10.0. The van der Waals surface area contributed by atoms with Gasteiger partial charge in [0.25, 0.3) is 5.56 Å². The van der Waals surface area contributed by atoms with Gasteiger partial charge in [0.05, 0.1) is 28.5 Å². The largest absolute Gasteiger partial charge is 0.276 e. The molecule has 0 unspecified atom stereocenters. The monoisotopic (exact) mass is 362 g/mol. The van der Waals surface area contributed by atoms with E-state index in [4.69, 9.17) is 0 Å². The summed E-state index contributed by atoms with van der Waals surface area (Å²) in [6, 6.07) is 22.3. The average molecular weight is 362 g/mol. The Balaban J connectivity index is 2.08. The lowest BCUT2D eigenvalue weighted by molar-refractivity contribution is 1.03. The molecule has 5 heteroatoms. The molecule has 0 spiro atoms. The molecule has 0 amide bonds. The van der Waals surface area contributed by atoms with Gasteiger partial charge >= 0.3 is 0 Å². The summed E-state index contributed by atoms with van der Waals surface area (Å²) in [5.74, 6) is 0. The second-order valence-corrected chi connectivity index (χ2v) is 6.41. The van der Waals surface area contributed by atoms with Crippen molar-refractivity contribution in [2.24, 2.45) is 0 Å². The lowest BCUT2D eigenvalue weighted by Crippen LogP contribution is -2.21. The maximum Gasteiger partial charge on any atom is 0.273 e. The number of benzene rings is 2. The van der Waals surface area contributed by atoms with Crippen LogP contribution in [0.5, 0.6) is 0 Å². The molecular weight excluding hydrogens is 348 g/mol. The van der Waals surface area contributed by atoms with Gasteiger partial charge in [-0.15, -0.1) is 0 Å². The smallest absolute Gasteiger partial charge is 0.273 e. The van der Waals surface area contributed by atoms with Crippen molar-refractivity contribution in [3.8, 4) is 29.1 Å². The summed E-state index contributed by atoms with van der Waals surface area (Å²) in [5, 5.41) is 19.5. The predicted octanol–water partition coefficient (Wildman–Crippen LogP) is 4.10. The number of aryl methyl sites for hydroxylation is 1. The van der Waals surface area contributed by atoms with Gasteiger partial charge in [-0.1, -0.05) is 24.3 Å². The second kappa shape index (κ2) is 6.83. The van der Waals surface area contributed by atoms with Gasteiger partial charge in [-0.3, -0.25) is 14.3 Å². The van der Waals surface area contributed by atoms with Crippen molar-refractivity contribution in [1.82, 2.24) is 9.55 Å². The summed E-state index contributed by atoms with van der Waals surface area (Å²) >= 11 is 0. The molecule has 0 saturated heterocycles. The van der Waals surface area contributed by atoms with Crippen molar-refractivity contribution in [3.05, 3.63) is 93.9 Å². The van der Waals surface area contributed by atoms with Gasteiger partial charge in [0, 0.05) is 17.1 Å². The fourth-order valence-corrected chi connectivity index (χ4v) is 3.21. The topological polar surface area (TPSA) is 82.5 Å². The number of nitriles is 2. The number of pyridine rings is 2. The number of rotatable bonds is 2. The molecule has 132 valence electrons. The number of hydrogen-bond acceptors (Lipinski definition) is 4. The third-order valence-corrected chi connectivity index (χ3v) is 4.69. The summed E-state index contributed by atoms with van der Waals surface area (Å²) < 4.78 is 1.49. The van der Waals surface area contributed by atoms with Gasteiger partial charge in [-0.05, 0) is 48.9 Å². The quantitative estimate of drug-likeness (QED) is 0.537. The molecule has 0 N–H and O–H groups in total. The number of hydrogen-bond donors (Lipinski definition) is 0. The van der Waals surface area contributed by atoms with E-state index >= 15 is 0 Å². The molecule has 0 aliphatic heterocycles. The highest BCUT2D eigenvalue weighted by Crippen LogP contribution is 2.25. The molecule has 0 aliphatic rings. The Morgan fingerprint density at radius 2 is 1.75 bits per heavy atom. The Bertz CT molecular complexity index is 1360. The molecule has 4 aromatic rings. The summed E-state index contributed by atoms with van der Waals surface area (Å²) in [7, 11) is 0. The molecule has 0 saturated carbocycles. The molecule has 0 atom stereocenters. The van der Waals surface area contributed by atoms with Gasteiger partial charge < -0.3 is 0 Å². The van der Waals surface area contributed by atoms with E-state index in [0.29, 0.717) is 16.8 Å². The minimum absolute atomic E-state index is 0.0529. The van der Waals surface area contributed by atoms with Crippen molar-refractivity contribution in [2.45, 2.75) is 6.92 Å². The van der Waals surface area contributed by atoms with Crippen LogP contribution in [0.3, 0.4) is 0 Å². The Morgan fingerprint density at radius 1 is 0.929 bits per heavy atom. The Kier molecular flexibility index (Phi) is 4.20. The van der Waals surface area contributed by atoms with Crippen LogP contribution in [-0.4, -0.2) is 9.55 Å². The number of aromatic nitrogens is 2. The molecule has 0 fully saturated rings. The molecule has 2 aromatic carbocycles. The molecule has 0 aliphatic carbocycles. The highest BCUT2D eigenvalue weighted by atomic mass is 16.1. The van der Waals surface area contributed by atoms with Gasteiger partial charge in [-0.25, -0.2) is 0 Å². The molecule has 28 heavy (non-hydrogen) atoms. The van der Waals surface area contributed by atoms with Crippen LogP contribution < -0.4 is 5.56 Å². The van der Waals surface area contributed by atoms with Crippen LogP contribution in [0.15, 0.2) is 71.7 Å². The maximum atomic E-state index is 13.0. The number of fused-ring (bicyclic) bond motifs is 1. The fourth-order valence-electron chi connectivity index (χ4n) is 3.21. The van der Waals surface area contributed by atoms with Crippen LogP contribution in [-0.2, 0) is 0 Å². The summed E-state index contributed by atoms with van der Waals surface area (Å²) in [4.78, 5) is 17.4. The van der Waals surface area contributed by atoms with Crippen LogP contribution in [0.4, 0.5) is 0 Å². The summed E-state index contributed by atoms with van der Waals surface area (Å²) in [5.41, 5.74) is 3.80. The van der Waals surface area contributed by atoms with E-state index in [1.165, 1.54) is 4.57 Å². The summed E-state index contributed by atoms with van der Waals surface area (Å²) in [6.07, 6.45) is 1.71. The first kappa shape index (κ1) is 17.2. The molecule has 2 aromatic heterocycles. The molecule has 2 heterocycles. The van der Waals surface area contributed by atoms with Gasteiger partial charge in [0.2, 0.25) is 0 Å². The van der Waals surface area contributed by atoms with Crippen molar-refractivity contribution in [1.29, 1.82) is 10.5 Å². The minimum atomic E-state index is -0.416. The van der Waals surface area contributed by atoms with Crippen molar-refractivity contribution in [3.63, 3.8) is 0 Å². The molecular formula is C23H14N4O. The maximum absolute atomic E-state index is 13.0. The van der Waals surface area contributed by atoms with E-state index in [0.717, 1.165) is 22.2 Å². The normalized spacial score (nSPS) is 10.4. The average Bonchev–Trinajstić information content (AvgIpc) is 2.74. The third-order valence-electron chi connectivity index (χ3n) is 4.69. The van der Waals surface area contributed by atoms with Crippen molar-refractivity contribution in [2.75, 3.05) is 0 Å². The van der Waals surface area contributed by atoms with E-state index in [9.17, 15) is 15.3 Å². The lowest BCUT2D eigenvalue weighted by Gasteiger charge is -2.13. The van der Waals surface area contributed by atoms with E-state index in [2.05, 4.69) is 11.1 Å². The zero-order valence-electron chi connectivity index (χ0n) is 15.0. The van der Waals surface area contributed by atoms with Crippen molar-refractivity contribution < 1.29 is 0 Å². The Labute approximate surface area is 161 Å². The van der Waals surface area contributed by atoms with E-state index in [1.54, 1.807) is 30.5 Å². The van der Waals surface area contributed by atoms with Crippen molar-refractivity contribution >= 4 is 10.9 Å². The van der Waals surface area contributed by atoms with Crippen LogP contribution in [0.2, 0.25) is 0 Å². The molecule has 0 bridgehead atoms. The number of nitrogens with zero attached hydrogens (tertiary/aromatic N) is 4. The highest BCUT2D eigenvalue weighted by Gasteiger charge is 2.13. The minimum Gasteiger partial charge on any atom is -0.276 e. The van der Waals surface area contributed by atoms with E-state index in [1.807, 2.05) is 49.4 Å². The second-order valence-electron chi connectivity index (χ2n) is 6.41. The first-order valence-corrected chi connectivity index (χ1v) is 8.65. The van der Waals surface area contributed by atoms with Crippen LogP contribution in [0.25, 0.3) is 27.8 Å². The Hall–Kier alpha value is -4.22. The molecule has 4 rings (SSSR count). The SMILES string of the molecule is Cc1ccc(-n2c(=O)c(C#N)cc3ccc(-c4ccccn4)cc32)cc1C#N. The van der Waals surface area contributed by atoms with Crippen LogP contribution >= 0.6 is 0 Å². The first-order valence-electron chi connectivity index (χ1n) is 8.65. The van der Waals surface area contributed by atoms with E-state index < -0.39 is 5.56 Å². The fraction of sp³-hybridized carbons (Fsp3) is 0.0435. The van der Waals surface area contributed by atoms with Gasteiger partial charge in [0.15, 0.2) is 0 Å². The van der Waals surface area contributed by atoms with Gasteiger partial charge in [-0.2, -0.15) is 10.5 Å². The van der Waals surface area contributed by atoms with Crippen LogP contribution in [0, 0.1) is 29.6 Å². The third kappa shape index (κ3) is 2.82. The molecule has 0 radical (unpaired) electrons. The standard InChI is InChI=1S/C23H14N4O/c1-15-5-8-20(11-18(15)13-24)27-22-12-16(21-4-2-3-9-26-21)6-7-17(22)10-19(14-25)23(27)28/h2-12H,1H3. The zero-order valence-corrected chi connectivity index (χ0v) is 15.0.